The molecular weight excluding hydrogens is 290 g/mol. The van der Waals surface area contributed by atoms with Gasteiger partial charge in [-0.3, -0.25) is 9.59 Å². The molecule has 0 spiro atoms. The summed E-state index contributed by atoms with van der Waals surface area (Å²) in [7, 11) is 0. The third-order valence-corrected chi connectivity index (χ3v) is 0.498. The molecule has 4 heteroatoms. The molecule has 0 saturated carbocycles. The Labute approximate surface area is 72.2 Å². The first-order valence-corrected chi connectivity index (χ1v) is 2.12. The first kappa shape index (κ1) is 16.1. The molecule has 0 aromatic carbocycles. The second kappa shape index (κ2) is 8.14. The maximum atomic E-state index is 10.0. The minimum atomic E-state index is -0.0625. The molecule has 0 fully saturated rings. The molecule has 0 heterocycles. The van der Waals surface area contributed by atoms with Gasteiger partial charge in [0.25, 0.3) is 0 Å². The van der Waals surface area contributed by atoms with Gasteiger partial charge in [-0.2, -0.15) is 0 Å². The van der Waals surface area contributed by atoms with Crippen LogP contribution in [0, 0.1) is 0 Å². The first-order chi connectivity index (χ1) is 3.13. The van der Waals surface area contributed by atoms with Gasteiger partial charge in [0.2, 0.25) is 0 Å². The van der Waals surface area contributed by atoms with Gasteiger partial charge in [0, 0.05) is 30.5 Å². The Bertz CT molecular complexity index is 91.1. The Kier molecular flexibility index (Phi) is 14.5. The SMILES string of the molecule is CC(=O)CC(C)=O.[F].[Hf]. The minimum Gasteiger partial charge on any atom is -0.300 e. The van der Waals surface area contributed by atoms with Crippen LogP contribution >= 0.6 is 0 Å². The van der Waals surface area contributed by atoms with Gasteiger partial charge in [0.15, 0.2) is 0 Å². The molecule has 0 rings (SSSR count). The van der Waals surface area contributed by atoms with E-state index >= 15 is 0 Å². The number of hydrogen-bond donors (Lipinski definition) is 0. The number of carbonyl (C=O) groups is 2. The fourth-order valence-electron chi connectivity index (χ4n) is 0.351. The molecule has 1 radical (unpaired) electrons. The number of carbonyl (C=O) groups excluding carboxylic acids is 2. The Balaban J connectivity index is -0.000000180. The molecule has 0 aromatic rings. The average molecular weight is 298 g/mol. The van der Waals surface area contributed by atoms with E-state index in [0.29, 0.717) is 0 Å². The van der Waals surface area contributed by atoms with Crippen LogP contribution in [0.15, 0.2) is 0 Å². The molecule has 0 aliphatic carbocycles. The van der Waals surface area contributed by atoms with Crippen molar-refractivity contribution in [3.63, 3.8) is 0 Å². The zero-order chi connectivity index (χ0) is 5.86. The van der Waals surface area contributed by atoms with E-state index in [4.69, 9.17) is 0 Å². The maximum absolute atomic E-state index is 10.0. The van der Waals surface area contributed by atoms with Gasteiger partial charge < -0.3 is 0 Å². The van der Waals surface area contributed by atoms with Crippen LogP contribution in [0.3, 0.4) is 0 Å². The third-order valence-electron chi connectivity index (χ3n) is 0.498. The molecule has 0 aliphatic heterocycles. The van der Waals surface area contributed by atoms with E-state index in [-0.39, 0.29) is 48.5 Å². The Morgan fingerprint density at radius 1 is 1.11 bits per heavy atom. The largest absolute Gasteiger partial charge is 0.300 e. The summed E-state index contributed by atoms with van der Waals surface area (Å²) in [6, 6.07) is 0. The van der Waals surface area contributed by atoms with E-state index in [1.54, 1.807) is 0 Å². The maximum Gasteiger partial charge on any atom is 0.137 e. The summed E-state index contributed by atoms with van der Waals surface area (Å²) < 4.78 is 0. The van der Waals surface area contributed by atoms with E-state index in [2.05, 4.69) is 0 Å². The summed E-state index contributed by atoms with van der Waals surface area (Å²) in [4.78, 5) is 20.1. The minimum absolute atomic E-state index is 0. The van der Waals surface area contributed by atoms with Gasteiger partial charge in [-0.05, 0) is 13.8 Å². The van der Waals surface area contributed by atoms with E-state index in [1.165, 1.54) is 13.8 Å². The normalized spacial score (nSPS) is 6.44. The van der Waals surface area contributed by atoms with Crippen LogP contribution in [0.5, 0.6) is 0 Å². The van der Waals surface area contributed by atoms with E-state index in [9.17, 15) is 9.59 Å². The fraction of sp³-hybridized carbons (Fsp3) is 0.600. The summed E-state index contributed by atoms with van der Waals surface area (Å²) in [5, 5.41) is 0. The van der Waals surface area contributed by atoms with Crippen molar-refractivity contribution in [2.24, 2.45) is 0 Å². The number of Topliss-reactive ketones (excluding diaryl/α,β-unsaturated/α-hetero) is 2. The molecule has 0 atom stereocenters. The Hall–Kier alpha value is 0.140. The van der Waals surface area contributed by atoms with E-state index in [1.807, 2.05) is 0 Å². The van der Waals surface area contributed by atoms with Gasteiger partial charge in [-0.1, -0.05) is 0 Å². The quantitative estimate of drug-likeness (QED) is 0.562. The predicted octanol–water partition coefficient (Wildman–Crippen LogP) is 0.972. The summed E-state index contributed by atoms with van der Waals surface area (Å²) in [5.41, 5.74) is 0. The molecule has 0 saturated heterocycles. The molecule has 0 aromatic heterocycles. The molecule has 51 valence electrons. The van der Waals surface area contributed by atoms with Crippen molar-refractivity contribution in [2.75, 3.05) is 0 Å². The second-order valence-corrected chi connectivity index (χ2v) is 1.58. The van der Waals surface area contributed by atoms with Crippen molar-refractivity contribution in [1.29, 1.82) is 0 Å². The van der Waals surface area contributed by atoms with Crippen LogP contribution in [-0.2, 0) is 35.4 Å². The van der Waals surface area contributed by atoms with Crippen LogP contribution in [0.2, 0.25) is 0 Å². The van der Waals surface area contributed by atoms with Gasteiger partial charge in [0.05, 0.1) is 6.42 Å². The number of hydrogen-bond acceptors (Lipinski definition) is 2. The predicted molar refractivity (Wildman–Crippen MR) is 27.1 cm³/mol. The van der Waals surface area contributed by atoms with Crippen LogP contribution in [0.1, 0.15) is 20.3 Å². The van der Waals surface area contributed by atoms with Gasteiger partial charge in [0.1, 0.15) is 11.6 Å². The second-order valence-electron chi connectivity index (χ2n) is 1.58. The number of rotatable bonds is 2. The molecular formula is C5H8FHfO2. The summed E-state index contributed by atoms with van der Waals surface area (Å²) in [5.74, 6) is -0.125. The topological polar surface area (TPSA) is 34.1 Å². The number of ketones is 2. The zero-order valence-corrected chi connectivity index (χ0v) is 8.99. The monoisotopic (exact) mass is 299 g/mol. The van der Waals surface area contributed by atoms with Crippen LogP contribution in [0.4, 0.5) is 4.70 Å². The van der Waals surface area contributed by atoms with Crippen LogP contribution in [0.25, 0.3) is 0 Å². The van der Waals surface area contributed by atoms with Crippen molar-refractivity contribution >= 4 is 11.6 Å². The van der Waals surface area contributed by atoms with Crippen molar-refractivity contribution < 1.29 is 40.1 Å². The van der Waals surface area contributed by atoms with Crippen molar-refractivity contribution in [2.45, 2.75) is 20.3 Å². The van der Waals surface area contributed by atoms with Crippen molar-refractivity contribution in [1.82, 2.24) is 0 Å². The van der Waals surface area contributed by atoms with Crippen molar-refractivity contribution in [3.05, 3.63) is 0 Å². The zero-order valence-electron chi connectivity index (χ0n) is 5.40. The third kappa shape index (κ3) is 17.9. The van der Waals surface area contributed by atoms with Gasteiger partial charge in [-0.15, -0.1) is 0 Å². The summed E-state index contributed by atoms with van der Waals surface area (Å²) >= 11 is 0. The molecule has 9 heavy (non-hydrogen) atoms. The Morgan fingerprint density at radius 3 is 1.33 bits per heavy atom. The van der Waals surface area contributed by atoms with Crippen LogP contribution in [-0.4, -0.2) is 11.6 Å². The van der Waals surface area contributed by atoms with Gasteiger partial charge in [-0.25, -0.2) is 0 Å². The standard InChI is InChI=1S/C5H8O2.F.Hf/c1-4(6)3-5(2)7;;/h3H2,1-2H3;;. The molecule has 2 nitrogen and oxygen atoms in total. The summed E-state index contributed by atoms with van der Waals surface area (Å²) in [6.07, 6.45) is 0.0833. The van der Waals surface area contributed by atoms with E-state index in [0.717, 1.165) is 0 Å². The van der Waals surface area contributed by atoms with Gasteiger partial charge >= 0.3 is 0 Å². The van der Waals surface area contributed by atoms with Crippen LogP contribution < -0.4 is 0 Å². The van der Waals surface area contributed by atoms with Crippen molar-refractivity contribution in [3.8, 4) is 0 Å². The number of halogens is 1. The van der Waals surface area contributed by atoms with E-state index < -0.39 is 0 Å². The molecule has 0 unspecified atom stereocenters. The molecule has 0 bridgehead atoms. The average Bonchev–Trinajstić information content (AvgIpc) is 1.27. The summed E-state index contributed by atoms with van der Waals surface area (Å²) in [6.45, 7) is 2.81. The molecule has 0 N–H and O–H groups in total. The molecule has 0 amide bonds. The Morgan fingerprint density at radius 2 is 1.33 bits per heavy atom. The smallest absolute Gasteiger partial charge is 0.137 e. The fourth-order valence-corrected chi connectivity index (χ4v) is 0.351. The molecule has 0 aliphatic rings. The first-order valence-electron chi connectivity index (χ1n) is 2.12.